The lowest BCUT2D eigenvalue weighted by Gasteiger charge is -2.34. The summed E-state index contributed by atoms with van der Waals surface area (Å²) in [6.45, 7) is 0.625. The van der Waals surface area contributed by atoms with Gasteiger partial charge in [0.25, 0.3) is 0 Å². The number of hydrogen-bond acceptors (Lipinski definition) is 7. The molecule has 0 spiro atoms. The number of ether oxygens (including phenoxy) is 1. The Labute approximate surface area is 193 Å². The molecule has 5 rings (SSSR count). The highest BCUT2D eigenvalue weighted by Crippen LogP contribution is 2.49. The zero-order chi connectivity index (χ0) is 22.1. The average Bonchev–Trinajstić information content (AvgIpc) is 3.48. The monoisotopic (exact) mass is 470 g/mol. The summed E-state index contributed by atoms with van der Waals surface area (Å²) in [5, 5.41) is 20.5. The van der Waals surface area contributed by atoms with Crippen molar-refractivity contribution in [3.63, 3.8) is 0 Å². The Kier molecular flexibility index (Phi) is 5.86. The van der Waals surface area contributed by atoms with Gasteiger partial charge in [0.2, 0.25) is 11.6 Å². The van der Waals surface area contributed by atoms with Crippen molar-refractivity contribution in [3.8, 4) is 10.4 Å². The first-order valence-electron chi connectivity index (χ1n) is 10.3. The second-order valence-corrected chi connectivity index (χ2v) is 9.25. The minimum absolute atomic E-state index is 0.296. The van der Waals surface area contributed by atoms with Crippen LogP contribution in [0.15, 0.2) is 63.9 Å². The molecule has 3 unspecified atom stereocenters. The fourth-order valence-corrected chi connectivity index (χ4v) is 5.57. The van der Waals surface area contributed by atoms with E-state index in [9.17, 15) is 9.50 Å². The molecular formula is C23H20ClFN4O2S. The van der Waals surface area contributed by atoms with E-state index in [0.29, 0.717) is 28.3 Å². The quantitative estimate of drug-likeness (QED) is 0.471. The van der Waals surface area contributed by atoms with Gasteiger partial charge in [-0.05, 0) is 54.7 Å². The van der Waals surface area contributed by atoms with Crippen molar-refractivity contribution in [2.75, 3.05) is 6.61 Å². The van der Waals surface area contributed by atoms with Crippen molar-refractivity contribution in [1.29, 1.82) is 0 Å². The molecule has 1 aromatic carbocycles. The largest absolute Gasteiger partial charge is 0.384 e. The van der Waals surface area contributed by atoms with E-state index in [-0.39, 0.29) is 6.10 Å². The maximum atomic E-state index is 13.8. The fraction of sp³-hybridized carbons (Fsp3) is 0.304. The summed E-state index contributed by atoms with van der Waals surface area (Å²) in [4.78, 5) is 9.80. The number of pyridine rings is 1. The fourth-order valence-electron chi connectivity index (χ4n) is 4.13. The Balaban J connectivity index is 1.66. The SMILES string of the molecule is OC(c1ccc(Cl)cc1)c1cc(-c2ccnc(F)c2)sc1C1(C2CCCCO2)N=CN=N1. The number of azo groups is 1. The molecule has 1 saturated heterocycles. The van der Waals surface area contributed by atoms with Crippen molar-refractivity contribution < 1.29 is 14.2 Å². The molecule has 32 heavy (non-hydrogen) atoms. The highest BCUT2D eigenvalue weighted by molar-refractivity contribution is 7.15. The van der Waals surface area contributed by atoms with Crippen LogP contribution < -0.4 is 0 Å². The van der Waals surface area contributed by atoms with Gasteiger partial charge in [0, 0.05) is 34.3 Å². The van der Waals surface area contributed by atoms with Gasteiger partial charge >= 0.3 is 0 Å². The summed E-state index contributed by atoms with van der Waals surface area (Å²) >= 11 is 7.45. The van der Waals surface area contributed by atoms with Gasteiger partial charge in [-0.15, -0.1) is 21.6 Å². The van der Waals surface area contributed by atoms with Gasteiger partial charge < -0.3 is 9.84 Å². The third-order valence-corrected chi connectivity index (χ3v) is 7.30. The van der Waals surface area contributed by atoms with Gasteiger partial charge in [-0.25, -0.2) is 9.98 Å². The molecule has 2 aromatic heterocycles. The lowest BCUT2D eigenvalue weighted by molar-refractivity contribution is -0.0311. The zero-order valence-electron chi connectivity index (χ0n) is 17.0. The highest BCUT2D eigenvalue weighted by Gasteiger charge is 2.47. The Morgan fingerprint density at radius 3 is 2.72 bits per heavy atom. The Morgan fingerprint density at radius 1 is 1.19 bits per heavy atom. The van der Waals surface area contributed by atoms with E-state index in [4.69, 9.17) is 16.3 Å². The average molecular weight is 471 g/mol. The van der Waals surface area contributed by atoms with E-state index in [1.54, 1.807) is 30.3 Å². The molecule has 0 amide bonds. The second kappa shape index (κ2) is 8.78. The molecule has 0 aliphatic carbocycles. The molecule has 0 bridgehead atoms. The number of thiophene rings is 1. The summed E-state index contributed by atoms with van der Waals surface area (Å²) in [6, 6.07) is 12.0. The lowest BCUT2D eigenvalue weighted by atomic mass is 9.90. The van der Waals surface area contributed by atoms with Gasteiger partial charge in [-0.3, -0.25) is 0 Å². The molecule has 164 valence electrons. The molecule has 0 saturated carbocycles. The second-order valence-electron chi connectivity index (χ2n) is 7.76. The normalized spacial score (nSPS) is 23.5. The van der Waals surface area contributed by atoms with Crippen molar-refractivity contribution in [2.45, 2.75) is 37.1 Å². The summed E-state index contributed by atoms with van der Waals surface area (Å²) in [5.41, 5.74) is 0.908. The third kappa shape index (κ3) is 3.88. The first-order valence-corrected chi connectivity index (χ1v) is 11.5. The molecule has 1 N–H and O–H groups in total. The van der Waals surface area contributed by atoms with Crippen molar-refractivity contribution in [1.82, 2.24) is 4.98 Å². The Hall–Kier alpha value is -2.52. The van der Waals surface area contributed by atoms with Crippen LogP contribution in [0.2, 0.25) is 5.02 Å². The van der Waals surface area contributed by atoms with Gasteiger partial charge in [0.15, 0.2) is 0 Å². The molecule has 0 radical (unpaired) electrons. The summed E-state index contributed by atoms with van der Waals surface area (Å²) in [6.07, 6.45) is 4.37. The van der Waals surface area contributed by atoms with Crippen molar-refractivity contribution in [3.05, 3.63) is 75.6 Å². The third-order valence-electron chi connectivity index (χ3n) is 5.73. The minimum atomic E-state index is -1.07. The van der Waals surface area contributed by atoms with E-state index in [1.807, 2.05) is 6.07 Å². The molecule has 2 aliphatic heterocycles. The molecule has 6 nitrogen and oxygen atoms in total. The molecule has 2 aliphatic rings. The number of aliphatic hydroxyl groups excluding tert-OH is 1. The van der Waals surface area contributed by atoms with Crippen LogP contribution in [-0.2, 0) is 10.4 Å². The van der Waals surface area contributed by atoms with E-state index in [2.05, 4.69) is 20.2 Å². The number of nitrogens with zero attached hydrogens (tertiary/aromatic N) is 4. The predicted octanol–water partition coefficient (Wildman–Crippen LogP) is 5.90. The van der Waals surface area contributed by atoms with Crippen molar-refractivity contribution >= 4 is 29.3 Å². The van der Waals surface area contributed by atoms with E-state index in [0.717, 1.165) is 29.0 Å². The van der Waals surface area contributed by atoms with Crippen LogP contribution in [0.4, 0.5) is 4.39 Å². The van der Waals surface area contributed by atoms with Gasteiger partial charge in [-0.1, -0.05) is 23.7 Å². The molecular weight excluding hydrogens is 451 g/mol. The molecule has 9 heteroatoms. The zero-order valence-corrected chi connectivity index (χ0v) is 18.6. The van der Waals surface area contributed by atoms with Gasteiger partial charge in [-0.2, -0.15) is 4.39 Å². The maximum Gasteiger partial charge on any atom is 0.233 e. The van der Waals surface area contributed by atoms with Gasteiger partial charge in [0.05, 0.1) is 4.88 Å². The number of aliphatic hydroxyl groups is 1. The van der Waals surface area contributed by atoms with Crippen LogP contribution in [-0.4, -0.2) is 29.1 Å². The molecule has 4 heterocycles. The summed E-state index contributed by atoms with van der Waals surface area (Å²) in [7, 11) is 0. The summed E-state index contributed by atoms with van der Waals surface area (Å²) in [5.74, 6) is -0.568. The van der Waals surface area contributed by atoms with Crippen LogP contribution in [0.3, 0.4) is 0 Å². The van der Waals surface area contributed by atoms with Crippen LogP contribution in [0.5, 0.6) is 0 Å². The first-order chi connectivity index (χ1) is 15.6. The van der Waals surface area contributed by atoms with E-state index < -0.39 is 17.7 Å². The van der Waals surface area contributed by atoms with Crippen LogP contribution in [0.1, 0.15) is 41.4 Å². The molecule has 1 fully saturated rings. The van der Waals surface area contributed by atoms with Gasteiger partial charge in [0.1, 0.15) is 18.5 Å². The standard InChI is InChI=1S/C23H20ClFN4O2S/c24-16-6-4-14(5-7-16)21(30)17-12-18(15-8-9-26-20(25)11-15)32-22(17)23(27-13-28-29-23)19-3-1-2-10-31-19/h4-9,11-13,19,21,30H,1-3,10H2. The van der Waals surface area contributed by atoms with E-state index in [1.165, 1.54) is 29.9 Å². The smallest absolute Gasteiger partial charge is 0.233 e. The number of benzene rings is 1. The van der Waals surface area contributed by atoms with E-state index >= 15 is 0 Å². The number of hydrogen-bond donors (Lipinski definition) is 1. The van der Waals surface area contributed by atoms with Crippen molar-refractivity contribution in [2.24, 2.45) is 15.2 Å². The first kappa shape index (κ1) is 21.3. The predicted molar refractivity (Wildman–Crippen MR) is 122 cm³/mol. The molecule has 3 aromatic rings. The molecule has 3 atom stereocenters. The summed E-state index contributed by atoms with van der Waals surface area (Å²) < 4.78 is 19.9. The van der Waals surface area contributed by atoms with Crippen LogP contribution in [0, 0.1) is 5.95 Å². The van der Waals surface area contributed by atoms with Crippen LogP contribution >= 0.6 is 22.9 Å². The number of halogens is 2. The topological polar surface area (TPSA) is 79.4 Å². The minimum Gasteiger partial charge on any atom is -0.384 e. The number of aliphatic imine (C=N–C) groups is 1. The lowest BCUT2D eigenvalue weighted by Crippen LogP contribution is -2.39. The Bertz CT molecular complexity index is 1160. The number of rotatable bonds is 5. The van der Waals surface area contributed by atoms with Crippen LogP contribution in [0.25, 0.3) is 10.4 Å². The Morgan fingerprint density at radius 2 is 2.03 bits per heavy atom. The highest BCUT2D eigenvalue weighted by atomic mass is 35.5. The maximum absolute atomic E-state index is 13.8. The number of aromatic nitrogens is 1.